The van der Waals surface area contributed by atoms with E-state index in [0.29, 0.717) is 47.6 Å². The standard InChI is InChI=1S/C23H28ClNO6/c1-5-29-23(27)16-12-25-18(10-20(16)26)15-9-17(24)22(30-8-6-7-28-4)11-21(15)31-13-19(25)14(2)3/h9-12,14,19H,5-8,13H2,1-4H3/t19-/m0/s1. The monoisotopic (exact) mass is 449 g/mol. The molecule has 0 fully saturated rings. The zero-order valence-electron chi connectivity index (χ0n) is 18.3. The molecule has 8 heteroatoms. The van der Waals surface area contributed by atoms with E-state index in [4.69, 9.17) is 30.5 Å². The van der Waals surface area contributed by atoms with E-state index >= 15 is 0 Å². The minimum Gasteiger partial charge on any atom is -0.492 e. The number of nitrogens with zero attached hydrogens (tertiary/aromatic N) is 1. The van der Waals surface area contributed by atoms with E-state index in [0.717, 1.165) is 6.42 Å². The molecule has 168 valence electrons. The number of halogens is 1. The van der Waals surface area contributed by atoms with Gasteiger partial charge in [0.15, 0.2) is 5.43 Å². The molecule has 0 N–H and O–H groups in total. The maximum absolute atomic E-state index is 12.7. The number of hydrogen-bond acceptors (Lipinski definition) is 6. The zero-order chi connectivity index (χ0) is 22.5. The quantitative estimate of drug-likeness (QED) is 0.440. The molecule has 0 bridgehead atoms. The number of carbonyl (C=O) groups is 1. The number of carbonyl (C=O) groups excluding carboxylic acids is 1. The lowest BCUT2D eigenvalue weighted by molar-refractivity contribution is 0.0523. The third kappa shape index (κ3) is 5.05. The Morgan fingerprint density at radius 1 is 1.29 bits per heavy atom. The van der Waals surface area contributed by atoms with Crippen molar-refractivity contribution in [1.82, 2.24) is 4.57 Å². The molecular weight excluding hydrogens is 422 g/mol. The van der Waals surface area contributed by atoms with Crippen LogP contribution in [0, 0.1) is 5.92 Å². The summed E-state index contributed by atoms with van der Waals surface area (Å²) >= 11 is 6.48. The summed E-state index contributed by atoms with van der Waals surface area (Å²) < 4.78 is 23.9. The van der Waals surface area contributed by atoms with E-state index in [-0.39, 0.29) is 24.1 Å². The first kappa shape index (κ1) is 23.2. The van der Waals surface area contributed by atoms with Crippen molar-refractivity contribution >= 4 is 17.6 Å². The van der Waals surface area contributed by atoms with Gasteiger partial charge >= 0.3 is 5.97 Å². The van der Waals surface area contributed by atoms with E-state index in [1.165, 1.54) is 6.07 Å². The second kappa shape index (κ2) is 10.2. The van der Waals surface area contributed by atoms with Crippen LogP contribution < -0.4 is 14.9 Å². The second-order valence-corrected chi connectivity index (χ2v) is 8.07. The summed E-state index contributed by atoms with van der Waals surface area (Å²) in [5.74, 6) is 0.641. The third-order valence-corrected chi connectivity index (χ3v) is 5.47. The van der Waals surface area contributed by atoms with Gasteiger partial charge in [-0.25, -0.2) is 4.79 Å². The first-order valence-corrected chi connectivity index (χ1v) is 10.8. The number of ether oxygens (including phenoxy) is 4. The number of hydrogen-bond donors (Lipinski definition) is 0. The van der Waals surface area contributed by atoms with Crippen LogP contribution in [0.2, 0.25) is 5.02 Å². The van der Waals surface area contributed by atoms with Gasteiger partial charge in [0.25, 0.3) is 0 Å². The molecule has 7 nitrogen and oxygen atoms in total. The van der Waals surface area contributed by atoms with Crippen LogP contribution >= 0.6 is 11.6 Å². The average Bonchev–Trinajstić information content (AvgIpc) is 2.87. The maximum atomic E-state index is 12.7. The van der Waals surface area contributed by atoms with Gasteiger partial charge in [-0.05, 0) is 18.9 Å². The van der Waals surface area contributed by atoms with E-state index in [2.05, 4.69) is 13.8 Å². The molecule has 0 saturated carbocycles. The number of methoxy groups -OCH3 is 1. The SMILES string of the molecule is CCOC(=O)c1cn2c(cc1=O)-c1cc(Cl)c(OCCCOC)cc1OC[C@H]2C(C)C. The van der Waals surface area contributed by atoms with Gasteiger partial charge in [0.1, 0.15) is 23.7 Å². The molecule has 31 heavy (non-hydrogen) atoms. The highest BCUT2D eigenvalue weighted by Crippen LogP contribution is 2.42. The summed E-state index contributed by atoms with van der Waals surface area (Å²) in [6, 6.07) is 4.84. The van der Waals surface area contributed by atoms with Crippen LogP contribution in [0.4, 0.5) is 0 Å². The summed E-state index contributed by atoms with van der Waals surface area (Å²) in [5.41, 5.74) is 0.905. The molecule has 1 atom stereocenters. The predicted octanol–water partition coefficient (Wildman–Crippen LogP) is 4.35. The smallest absolute Gasteiger partial charge is 0.343 e. The van der Waals surface area contributed by atoms with Crippen LogP contribution in [0.1, 0.15) is 43.6 Å². The molecule has 1 aliphatic heterocycles. The van der Waals surface area contributed by atoms with Crippen molar-refractivity contribution in [1.29, 1.82) is 0 Å². The lowest BCUT2D eigenvalue weighted by Crippen LogP contribution is -2.26. The topological polar surface area (TPSA) is 76.0 Å². The molecule has 0 amide bonds. The Labute approximate surface area is 186 Å². The van der Waals surface area contributed by atoms with Crippen LogP contribution in [-0.4, -0.2) is 44.1 Å². The molecule has 2 heterocycles. The van der Waals surface area contributed by atoms with Crippen molar-refractivity contribution in [3.05, 3.63) is 45.2 Å². The minimum atomic E-state index is -0.631. The Hall–Kier alpha value is -2.51. The van der Waals surface area contributed by atoms with Crippen LogP contribution in [-0.2, 0) is 9.47 Å². The number of pyridine rings is 1. The number of esters is 1. The Balaban J connectivity index is 2.08. The van der Waals surface area contributed by atoms with Crippen LogP contribution in [0.25, 0.3) is 11.3 Å². The third-order valence-electron chi connectivity index (χ3n) is 5.17. The number of rotatable bonds is 8. The molecule has 1 aromatic heterocycles. The van der Waals surface area contributed by atoms with Crippen molar-refractivity contribution in [2.24, 2.45) is 5.92 Å². The summed E-state index contributed by atoms with van der Waals surface area (Å²) in [4.78, 5) is 25.0. The number of aromatic nitrogens is 1. The minimum absolute atomic E-state index is 0.00361. The Morgan fingerprint density at radius 3 is 2.74 bits per heavy atom. The Morgan fingerprint density at radius 2 is 2.06 bits per heavy atom. The van der Waals surface area contributed by atoms with Crippen molar-refractivity contribution in [2.45, 2.75) is 33.2 Å². The second-order valence-electron chi connectivity index (χ2n) is 7.66. The molecule has 1 aliphatic rings. The summed E-state index contributed by atoms with van der Waals surface area (Å²) in [6.07, 6.45) is 2.30. The van der Waals surface area contributed by atoms with Gasteiger partial charge in [-0.2, -0.15) is 0 Å². The number of benzene rings is 1. The fourth-order valence-electron chi connectivity index (χ4n) is 3.52. The summed E-state index contributed by atoms with van der Waals surface area (Å²) in [7, 11) is 1.64. The van der Waals surface area contributed by atoms with E-state index < -0.39 is 11.4 Å². The largest absolute Gasteiger partial charge is 0.492 e. The van der Waals surface area contributed by atoms with E-state index in [9.17, 15) is 9.59 Å². The molecular formula is C23H28ClNO6. The molecule has 2 aromatic rings. The Bertz CT molecular complexity index is 1000. The van der Waals surface area contributed by atoms with E-state index in [1.54, 1.807) is 32.4 Å². The van der Waals surface area contributed by atoms with Crippen LogP contribution in [0.5, 0.6) is 11.5 Å². The summed E-state index contributed by atoms with van der Waals surface area (Å²) in [5, 5.41) is 0.413. The Kier molecular flexibility index (Phi) is 7.62. The first-order valence-electron chi connectivity index (χ1n) is 10.4. The van der Waals surface area contributed by atoms with Crippen molar-refractivity contribution < 1.29 is 23.7 Å². The van der Waals surface area contributed by atoms with Gasteiger partial charge in [0, 0.05) is 44.0 Å². The van der Waals surface area contributed by atoms with Crippen molar-refractivity contribution in [2.75, 3.05) is 33.5 Å². The van der Waals surface area contributed by atoms with Crippen LogP contribution in [0.15, 0.2) is 29.2 Å². The van der Waals surface area contributed by atoms with E-state index in [1.807, 2.05) is 4.57 Å². The molecule has 0 unspecified atom stereocenters. The van der Waals surface area contributed by atoms with Gasteiger partial charge in [-0.1, -0.05) is 25.4 Å². The first-order chi connectivity index (χ1) is 14.9. The lowest BCUT2D eigenvalue weighted by atomic mass is 10.0. The lowest BCUT2D eigenvalue weighted by Gasteiger charge is -2.24. The fourth-order valence-corrected chi connectivity index (χ4v) is 3.74. The highest BCUT2D eigenvalue weighted by molar-refractivity contribution is 6.32. The fraction of sp³-hybridized carbons (Fsp3) is 0.478. The maximum Gasteiger partial charge on any atom is 0.343 e. The van der Waals surface area contributed by atoms with Gasteiger partial charge in [-0.3, -0.25) is 4.79 Å². The number of fused-ring (bicyclic) bond motifs is 3. The van der Waals surface area contributed by atoms with Gasteiger partial charge in [0.05, 0.1) is 30.0 Å². The molecule has 0 radical (unpaired) electrons. The van der Waals surface area contributed by atoms with Crippen molar-refractivity contribution in [3.63, 3.8) is 0 Å². The van der Waals surface area contributed by atoms with Crippen molar-refractivity contribution in [3.8, 4) is 22.8 Å². The van der Waals surface area contributed by atoms with Gasteiger partial charge < -0.3 is 23.5 Å². The van der Waals surface area contributed by atoms with Gasteiger partial charge in [-0.15, -0.1) is 0 Å². The highest BCUT2D eigenvalue weighted by Gasteiger charge is 2.28. The molecule has 1 aromatic carbocycles. The molecule has 0 aliphatic carbocycles. The average molecular weight is 450 g/mol. The predicted molar refractivity (Wildman–Crippen MR) is 118 cm³/mol. The molecule has 0 spiro atoms. The normalized spacial score (nSPS) is 15.0. The molecule has 0 saturated heterocycles. The zero-order valence-corrected chi connectivity index (χ0v) is 19.0. The van der Waals surface area contributed by atoms with Gasteiger partial charge in [0.2, 0.25) is 0 Å². The van der Waals surface area contributed by atoms with Crippen LogP contribution in [0.3, 0.4) is 0 Å². The summed E-state index contributed by atoms with van der Waals surface area (Å²) in [6.45, 7) is 7.45. The molecule has 3 rings (SSSR count). The highest BCUT2D eigenvalue weighted by atomic mass is 35.5.